The first-order valence-corrected chi connectivity index (χ1v) is 6.12. The van der Waals surface area contributed by atoms with Crippen molar-refractivity contribution in [3.63, 3.8) is 0 Å². The molecule has 2 aromatic carbocycles. The summed E-state index contributed by atoms with van der Waals surface area (Å²) in [5.41, 5.74) is 2.92. The van der Waals surface area contributed by atoms with Gasteiger partial charge >= 0.3 is 0 Å². The van der Waals surface area contributed by atoms with Gasteiger partial charge in [0.15, 0.2) is 0 Å². The summed E-state index contributed by atoms with van der Waals surface area (Å²) >= 11 is 0. The zero-order valence-electron chi connectivity index (χ0n) is 11.0. The normalized spacial score (nSPS) is 11.6. The van der Waals surface area contributed by atoms with Gasteiger partial charge in [-0.15, -0.1) is 0 Å². The van der Waals surface area contributed by atoms with Crippen molar-refractivity contribution in [2.45, 2.75) is 20.4 Å². The highest BCUT2D eigenvalue weighted by atomic mass is 19.1. The monoisotopic (exact) mass is 257 g/mol. The van der Waals surface area contributed by atoms with Crippen LogP contribution in [0.3, 0.4) is 0 Å². The molecule has 0 radical (unpaired) electrons. The summed E-state index contributed by atoms with van der Waals surface area (Å²) in [6.45, 7) is 3.99. The third-order valence-corrected chi connectivity index (χ3v) is 2.99. The predicted octanol–water partition coefficient (Wildman–Crippen LogP) is 3.85. The molecule has 0 amide bonds. The molecular formula is C16H16FNO. The molecule has 1 N–H and O–H groups in total. The second kappa shape index (κ2) is 5.65. The molecule has 2 nitrogen and oxygen atoms in total. The van der Waals surface area contributed by atoms with E-state index in [2.05, 4.69) is 4.99 Å². The Balaban J connectivity index is 2.22. The number of benzene rings is 2. The second-order valence-corrected chi connectivity index (χ2v) is 4.51. The average Bonchev–Trinajstić information content (AvgIpc) is 2.37. The number of aryl methyl sites for hydroxylation is 1. The standard InChI is InChI=1S/C16H16FNO/c1-11-7-8-14(16(19)9-11)12(2)18-10-13-5-3-4-6-15(13)17/h3-9,19H,10H2,1-2H3/b18-12+. The number of halogens is 1. The molecule has 2 aromatic rings. The van der Waals surface area contributed by atoms with Crippen LogP contribution in [0.2, 0.25) is 0 Å². The van der Waals surface area contributed by atoms with Gasteiger partial charge in [0.25, 0.3) is 0 Å². The fourth-order valence-corrected chi connectivity index (χ4v) is 1.86. The summed E-state index contributed by atoms with van der Waals surface area (Å²) < 4.78 is 13.5. The number of hydrogen-bond donors (Lipinski definition) is 1. The van der Waals surface area contributed by atoms with E-state index in [1.54, 1.807) is 24.3 Å². The van der Waals surface area contributed by atoms with Crippen LogP contribution in [0, 0.1) is 12.7 Å². The molecule has 0 fully saturated rings. The van der Waals surface area contributed by atoms with Crippen LogP contribution in [0.5, 0.6) is 5.75 Å². The van der Waals surface area contributed by atoms with Crippen molar-refractivity contribution in [2.75, 3.05) is 0 Å². The first-order valence-electron chi connectivity index (χ1n) is 6.12. The van der Waals surface area contributed by atoms with E-state index in [-0.39, 0.29) is 18.1 Å². The summed E-state index contributed by atoms with van der Waals surface area (Å²) in [5, 5.41) is 9.86. The lowest BCUT2D eigenvalue weighted by Gasteiger charge is -2.06. The average molecular weight is 257 g/mol. The van der Waals surface area contributed by atoms with E-state index in [4.69, 9.17) is 0 Å². The molecule has 0 aliphatic rings. The third-order valence-electron chi connectivity index (χ3n) is 2.99. The lowest BCUT2D eigenvalue weighted by Crippen LogP contribution is -1.98. The van der Waals surface area contributed by atoms with Crippen LogP contribution in [0.25, 0.3) is 0 Å². The van der Waals surface area contributed by atoms with E-state index >= 15 is 0 Å². The molecule has 0 saturated heterocycles. The third kappa shape index (κ3) is 3.19. The van der Waals surface area contributed by atoms with Crippen molar-refractivity contribution in [3.8, 4) is 5.75 Å². The Bertz CT molecular complexity index is 620. The number of rotatable bonds is 3. The molecule has 0 atom stereocenters. The first kappa shape index (κ1) is 13.3. The van der Waals surface area contributed by atoms with Crippen molar-refractivity contribution in [2.24, 2.45) is 4.99 Å². The SMILES string of the molecule is C/C(=N\Cc1ccccc1F)c1ccc(C)cc1O. The molecule has 0 heterocycles. The van der Waals surface area contributed by atoms with Crippen LogP contribution in [0.1, 0.15) is 23.6 Å². The van der Waals surface area contributed by atoms with Crippen LogP contribution >= 0.6 is 0 Å². The maximum absolute atomic E-state index is 13.5. The minimum absolute atomic E-state index is 0.204. The molecule has 0 spiro atoms. The van der Waals surface area contributed by atoms with Gasteiger partial charge in [-0.1, -0.05) is 24.3 Å². The zero-order valence-corrected chi connectivity index (χ0v) is 11.0. The van der Waals surface area contributed by atoms with Crippen LogP contribution in [0.15, 0.2) is 47.5 Å². The Morgan fingerprint density at radius 2 is 1.95 bits per heavy atom. The quantitative estimate of drug-likeness (QED) is 0.832. The fourth-order valence-electron chi connectivity index (χ4n) is 1.86. The number of nitrogens with zero attached hydrogens (tertiary/aromatic N) is 1. The van der Waals surface area contributed by atoms with Crippen molar-refractivity contribution in [3.05, 3.63) is 65.0 Å². The number of phenolic OH excluding ortho intramolecular Hbond substituents is 1. The van der Waals surface area contributed by atoms with Gasteiger partial charge in [-0.25, -0.2) is 4.39 Å². The molecule has 0 aliphatic carbocycles. The zero-order chi connectivity index (χ0) is 13.8. The largest absolute Gasteiger partial charge is 0.507 e. The van der Waals surface area contributed by atoms with Crippen LogP contribution in [-0.2, 0) is 6.54 Å². The highest BCUT2D eigenvalue weighted by Gasteiger charge is 2.05. The fraction of sp³-hybridized carbons (Fsp3) is 0.188. The highest BCUT2D eigenvalue weighted by Crippen LogP contribution is 2.19. The lowest BCUT2D eigenvalue weighted by atomic mass is 10.1. The van der Waals surface area contributed by atoms with E-state index in [0.717, 1.165) is 5.56 Å². The molecule has 3 heteroatoms. The smallest absolute Gasteiger partial charge is 0.128 e. The van der Waals surface area contributed by atoms with Gasteiger partial charge in [0.05, 0.1) is 6.54 Å². The molecule has 0 bridgehead atoms. The first-order chi connectivity index (χ1) is 9.08. The van der Waals surface area contributed by atoms with E-state index in [9.17, 15) is 9.50 Å². The van der Waals surface area contributed by atoms with E-state index < -0.39 is 0 Å². The summed E-state index contributed by atoms with van der Waals surface area (Å²) in [6.07, 6.45) is 0. The summed E-state index contributed by atoms with van der Waals surface area (Å²) in [7, 11) is 0. The number of aliphatic imine (C=N–C) groups is 1. The Morgan fingerprint density at radius 1 is 1.21 bits per heavy atom. The second-order valence-electron chi connectivity index (χ2n) is 4.51. The molecule has 0 saturated carbocycles. The molecule has 19 heavy (non-hydrogen) atoms. The summed E-state index contributed by atoms with van der Waals surface area (Å²) in [4.78, 5) is 4.33. The number of hydrogen-bond acceptors (Lipinski definition) is 2. The molecule has 0 aliphatic heterocycles. The van der Waals surface area contributed by atoms with E-state index in [1.807, 2.05) is 26.0 Å². The Hall–Kier alpha value is -2.16. The maximum atomic E-state index is 13.5. The predicted molar refractivity (Wildman–Crippen MR) is 75.2 cm³/mol. The Morgan fingerprint density at radius 3 is 2.63 bits per heavy atom. The topological polar surface area (TPSA) is 32.6 Å². The summed E-state index contributed by atoms with van der Waals surface area (Å²) in [5.74, 6) is -0.0537. The Labute approximate surface area is 112 Å². The van der Waals surface area contributed by atoms with Gasteiger partial charge in [0.1, 0.15) is 11.6 Å². The molecular weight excluding hydrogens is 241 g/mol. The van der Waals surface area contributed by atoms with Gasteiger partial charge < -0.3 is 5.11 Å². The van der Waals surface area contributed by atoms with Gasteiger partial charge in [-0.05, 0) is 37.6 Å². The molecule has 0 aromatic heterocycles. The summed E-state index contributed by atoms with van der Waals surface area (Å²) in [6, 6.07) is 12.0. The van der Waals surface area contributed by atoms with Crippen molar-refractivity contribution in [1.29, 1.82) is 0 Å². The molecule has 2 rings (SSSR count). The van der Waals surface area contributed by atoms with Gasteiger partial charge in [0, 0.05) is 16.8 Å². The van der Waals surface area contributed by atoms with Gasteiger partial charge in [-0.2, -0.15) is 0 Å². The minimum Gasteiger partial charge on any atom is -0.507 e. The van der Waals surface area contributed by atoms with Crippen molar-refractivity contribution >= 4 is 5.71 Å². The lowest BCUT2D eigenvalue weighted by molar-refractivity contribution is 0.473. The number of aromatic hydroxyl groups is 1. The van der Waals surface area contributed by atoms with Crippen LogP contribution < -0.4 is 0 Å². The number of phenols is 1. The van der Waals surface area contributed by atoms with Crippen molar-refractivity contribution in [1.82, 2.24) is 0 Å². The van der Waals surface area contributed by atoms with Gasteiger partial charge in [0.2, 0.25) is 0 Å². The molecule has 0 unspecified atom stereocenters. The van der Waals surface area contributed by atoms with E-state index in [0.29, 0.717) is 16.8 Å². The van der Waals surface area contributed by atoms with E-state index in [1.165, 1.54) is 6.07 Å². The Kier molecular flexibility index (Phi) is 3.95. The van der Waals surface area contributed by atoms with Crippen LogP contribution in [0.4, 0.5) is 4.39 Å². The van der Waals surface area contributed by atoms with Crippen LogP contribution in [-0.4, -0.2) is 10.8 Å². The van der Waals surface area contributed by atoms with Crippen molar-refractivity contribution < 1.29 is 9.50 Å². The van der Waals surface area contributed by atoms with Gasteiger partial charge in [-0.3, -0.25) is 4.99 Å². The maximum Gasteiger partial charge on any atom is 0.128 e. The highest BCUT2D eigenvalue weighted by molar-refractivity contribution is 6.01. The minimum atomic E-state index is -0.257. The molecule has 98 valence electrons.